The van der Waals surface area contributed by atoms with Gasteiger partial charge in [0.2, 0.25) is 0 Å². The fourth-order valence-electron chi connectivity index (χ4n) is 2.52. The van der Waals surface area contributed by atoms with Crippen LogP contribution in [0.25, 0.3) is 0 Å². The van der Waals surface area contributed by atoms with Crippen molar-refractivity contribution in [2.45, 2.75) is 25.3 Å². The Hall–Kier alpha value is -1.30. The summed E-state index contributed by atoms with van der Waals surface area (Å²) in [6, 6.07) is 3.87. The van der Waals surface area contributed by atoms with Gasteiger partial charge >= 0.3 is 0 Å². The quantitative estimate of drug-likeness (QED) is 0.828. The van der Waals surface area contributed by atoms with E-state index in [9.17, 15) is 0 Å². The first-order chi connectivity index (χ1) is 10.2. The van der Waals surface area contributed by atoms with Gasteiger partial charge < -0.3 is 10.1 Å². The second-order valence-electron chi connectivity index (χ2n) is 4.99. The molecule has 1 aromatic heterocycles. The van der Waals surface area contributed by atoms with Crippen LogP contribution >= 0.6 is 23.2 Å². The predicted molar refractivity (Wildman–Crippen MR) is 82.0 cm³/mol. The summed E-state index contributed by atoms with van der Waals surface area (Å²) in [7, 11) is 0. The van der Waals surface area contributed by atoms with Gasteiger partial charge in [0.1, 0.15) is 17.9 Å². The van der Waals surface area contributed by atoms with Gasteiger partial charge in [-0.25, -0.2) is 4.98 Å². The number of aromatic amines is 1. The molecule has 1 aliphatic rings. The minimum Gasteiger partial charge on any atom is -0.492 e. The topological polar surface area (TPSA) is 62.8 Å². The SMILES string of the molecule is Clc1cc(Cl)c2c(c1)C(NCCCc1ncn[nH]1)CCO2. The van der Waals surface area contributed by atoms with E-state index in [0.717, 1.165) is 42.9 Å². The Kier molecular flexibility index (Phi) is 4.63. The minimum absolute atomic E-state index is 0.222. The van der Waals surface area contributed by atoms with Crippen molar-refractivity contribution in [1.82, 2.24) is 20.5 Å². The molecule has 0 spiro atoms. The van der Waals surface area contributed by atoms with Gasteiger partial charge in [-0.2, -0.15) is 5.10 Å². The standard InChI is InChI=1S/C14H16Cl2N4O/c15-9-6-10-12(3-5-21-14(10)11(16)7-9)17-4-1-2-13-18-8-19-20-13/h6-8,12,17H,1-5H2,(H,18,19,20). The number of hydrogen-bond donors (Lipinski definition) is 2. The van der Waals surface area contributed by atoms with Crippen LogP contribution in [0.4, 0.5) is 0 Å². The van der Waals surface area contributed by atoms with Crippen LogP contribution in [0.15, 0.2) is 18.5 Å². The monoisotopic (exact) mass is 326 g/mol. The Morgan fingerprint density at radius 1 is 1.38 bits per heavy atom. The van der Waals surface area contributed by atoms with Gasteiger partial charge in [-0.05, 0) is 25.1 Å². The van der Waals surface area contributed by atoms with Crippen LogP contribution in [-0.4, -0.2) is 28.3 Å². The Bertz CT molecular complexity index is 603. The smallest absolute Gasteiger partial charge is 0.142 e. The number of ether oxygens (including phenoxy) is 1. The number of nitrogens with one attached hydrogen (secondary N) is 2. The number of aromatic nitrogens is 3. The second kappa shape index (κ2) is 6.64. The van der Waals surface area contributed by atoms with E-state index in [1.807, 2.05) is 6.07 Å². The first-order valence-electron chi connectivity index (χ1n) is 6.93. The minimum atomic E-state index is 0.222. The van der Waals surface area contributed by atoms with Gasteiger partial charge in [-0.3, -0.25) is 5.10 Å². The molecule has 0 amide bonds. The van der Waals surface area contributed by atoms with Crippen LogP contribution < -0.4 is 10.1 Å². The molecular formula is C14H16Cl2N4O. The van der Waals surface area contributed by atoms with E-state index in [1.165, 1.54) is 6.33 Å². The molecule has 0 saturated heterocycles. The number of nitrogens with zero attached hydrogens (tertiary/aromatic N) is 2. The van der Waals surface area contributed by atoms with Crippen LogP contribution in [0, 0.1) is 0 Å². The van der Waals surface area contributed by atoms with Crippen LogP contribution in [0.1, 0.15) is 30.3 Å². The van der Waals surface area contributed by atoms with Gasteiger partial charge in [0.25, 0.3) is 0 Å². The third-order valence-corrected chi connectivity index (χ3v) is 4.01. The van der Waals surface area contributed by atoms with Gasteiger partial charge in [-0.15, -0.1) is 0 Å². The average molecular weight is 327 g/mol. The number of fused-ring (bicyclic) bond motifs is 1. The highest BCUT2D eigenvalue weighted by atomic mass is 35.5. The van der Waals surface area contributed by atoms with Gasteiger partial charge in [0, 0.05) is 29.5 Å². The molecule has 1 unspecified atom stereocenters. The van der Waals surface area contributed by atoms with E-state index in [0.29, 0.717) is 16.7 Å². The zero-order valence-corrected chi connectivity index (χ0v) is 12.9. The molecular weight excluding hydrogens is 311 g/mol. The zero-order chi connectivity index (χ0) is 14.7. The van der Waals surface area contributed by atoms with Crippen molar-refractivity contribution in [2.24, 2.45) is 0 Å². The van der Waals surface area contributed by atoms with E-state index in [4.69, 9.17) is 27.9 Å². The number of rotatable bonds is 5. The van der Waals surface area contributed by atoms with E-state index in [2.05, 4.69) is 20.5 Å². The molecule has 1 aromatic carbocycles. The van der Waals surface area contributed by atoms with Crippen molar-refractivity contribution >= 4 is 23.2 Å². The zero-order valence-electron chi connectivity index (χ0n) is 11.4. The molecule has 0 aliphatic carbocycles. The lowest BCUT2D eigenvalue weighted by molar-refractivity contribution is 0.253. The lowest BCUT2D eigenvalue weighted by atomic mass is 10.0. The molecule has 2 N–H and O–H groups in total. The van der Waals surface area contributed by atoms with E-state index < -0.39 is 0 Å². The summed E-state index contributed by atoms with van der Waals surface area (Å²) in [6.45, 7) is 1.54. The van der Waals surface area contributed by atoms with Gasteiger partial charge in [0.15, 0.2) is 0 Å². The first kappa shape index (κ1) is 14.6. The highest BCUT2D eigenvalue weighted by Gasteiger charge is 2.23. The Labute approximate surface area is 133 Å². The summed E-state index contributed by atoms with van der Waals surface area (Å²) in [5.74, 6) is 1.66. The normalized spacial score (nSPS) is 17.3. The summed E-state index contributed by atoms with van der Waals surface area (Å²) in [5.41, 5.74) is 1.04. The molecule has 2 aromatic rings. The average Bonchev–Trinajstić information content (AvgIpc) is 2.97. The van der Waals surface area contributed by atoms with Crippen LogP contribution in [0.2, 0.25) is 10.0 Å². The second-order valence-corrected chi connectivity index (χ2v) is 5.83. The van der Waals surface area contributed by atoms with Crippen LogP contribution in [0.3, 0.4) is 0 Å². The molecule has 7 heteroatoms. The highest BCUT2D eigenvalue weighted by Crippen LogP contribution is 2.39. The molecule has 112 valence electrons. The summed E-state index contributed by atoms with van der Waals surface area (Å²) >= 11 is 12.3. The molecule has 0 radical (unpaired) electrons. The first-order valence-corrected chi connectivity index (χ1v) is 7.69. The number of halogens is 2. The number of aryl methyl sites for hydroxylation is 1. The number of H-pyrrole nitrogens is 1. The van der Waals surface area contributed by atoms with E-state index >= 15 is 0 Å². The fraction of sp³-hybridized carbons (Fsp3) is 0.429. The summed E-state index contributed by atoms with van der Waals surface area (Å²) < 4.78 is 5.65. The maximum atomic E-state index is 6.19. The third-order valence-electron chi connectivity index (χ3n) is 3.51. The van der Waals surface area contributed by atoms with Gasteiger partial charge in [0.05, 0.1) is 11.6 Å². The summed E-state index contributed by atoms with van der Waals surface area (Å²) in [4.78, 5) is 4.11. The lowest BCUT2D eigenvalue weighted by Crippen LogP contribution is -2.28. The summed E-state index contributed by atoms with van der Waals surface area (Å²) in [6.07, 6.45) is 4.29. The van der Waals surface area contributed by atoms with E-state index in [1.54, 1.807) is 6.07 Å². The van der Waals surface area contributed by atoms with Crippen LogP contribution in [0.5, 0.6) is 5.75 Å². The summed E-state index contributed by atoms with van der Waals surface area (Å²) in [5, 5.41) is 11.4. The van der Waals surface area contributed by atoms with E-state index in [-0.39, 0.29) is 6.04 Å². The molecule has 1 atom stereocenters. The van der Waals surface area contributed by atoms with Crippen molar-refractivity contribution in [2.75, 3.05) is 13.2 Å². The number of benzene rings is 1. The fourth-order valence-corrected chi connectivity index (χ4v) is 3.08. The molecule has 21 heavy (non-hydrogen) atoms. The van der Waals surface area contributed by atoms with Crippen molar-refractivity contribution in [1.29, 1.82) is 0 Å². The maximum absolute atomic E-state index is 6.19. The number of hydrogen-bond acceptors (Lipinski definition) is 4. The molecule has 2 heterocycles. The highest BCUT2D eigenvalue weighted by molar-refractivity contribution is 6.35. The Balaban J connectivity index is 1.60. The lowest BCUT2D eigenvalue weighted by Gasteiger charge is -2.27. The largest absolute Gasteiger partial charge is 0.492 e. The Morgan fingerprint density at radius 3 is 3.10 bits per heavy atom. The molecule has 3 rings (SSSR count). The van der Waals surface area contributed by atoms with Crippen LogP contribution in [-0.2, 0) is 6.42 Å². The van der Waals surface area contributed by atoms with Crippen molar-refractivity contribution in [3.63, 3.8) is 0 Å². The van der Waals surface area contributed by atoms with Crippen molar-refractivity contribution in [3.05, 3.63) is 39.9 Å². The van der Waals surface area contributed by atoms with Crippen molar-refractivity contribution in [3.8, 4) is 5.75 Å². The Morgan fingerprint density at radius 2 is 2.29 bits per heavy atom. The molecule has 5 nitrogen and oxygen atoms in total. The molecule has 0 fully saturated rings. The third kappa shape index (κ3) is 3.48. The maximum Gasteiger partial charge on any atom is 0.142 e. The van der Waals surface area contributed by atoms with Crippen molar-refractivity contribution < 1.29 is 4.74 Å². The molecule has 0 bridgehead atoms. The molecule has 0 saturated carbocycles. The predicted octanol–water partition coefficient (Wildman–Crippen LogP) is 3.16. The molecule has 1 aliphatic heterocycles. The van der Waals surface area contributed by atoms with Gasteiger partial charge in [-0.1, -0.05) is 23.2 Å².